The van der Waals surface area contributed by atoms with Crippen molar-refractivity contribution in [3.05, 3.63) is 23.6 Å². The van der Waals surface area contributed by atoms with Gasteiger partial charge in [-0.15, -0.1) is 12.6 Å². The summed E-state index contributed by atoms with van der Waals surface area (Å²) in [4.78, 5) is 0.803. The molecule has 0 rings (SSSR count). The van der Waals surface area contributed by atoms with Gasteiger partial charge in [-0.05, 0) is 11.8 Å². The fourth-order valence-electron chi connectivity index (χ4n) is 0.192. The van der Waals surface area contributed by atoms with Gasteiger partial charge >= 0.3 is 0 Å². The molecule has 10 heavy (non-hydrogen) atoms. The third-order valence-electron chi connectivity index (χ3n) is 0.359. The standard InChI is InChI=1S/C5H8S.2C2H6/c1-3-4-5(2)6;2*1-2/h3-4,6H,2H2,1H3;2*1-2H3/b4-3-;;. The second-order valence-electron chi connectivity index (χ2n) is 0.991. The highest BCUT2D eigenvalue weighted by atomic mass is 32.1. The van der Waals surface area contributed by atoms with Crippen LogP contribution in [0, 0.1) is 0 Å². The molecule has 0 spiro atoms. The van der Waals surface area contributed by atoms with E-state index in [9.17, 15) is 0 Å². The Bertz CT molecular complexity index is 72.8. The molecule has 0 saturated carbocycles. The Kier molecular flexibility index (Phi) is 38.1. The van der Waals surface area contributed by atoms with Crippen LogP contribution in [0.3, 0.4) is 0 Å². The van der Waals surface area contributed by atoms with Crippen molar-refractivity contribution in [3.63, 3.8) is 0 Å². The lowest BCUT2D eigenvalue weighted by Crippen LogP contribution is -1.48. The molecule has 0 fully saturated rings. The van der Waals surface area contributed by atoms with Gasteiger partial charge in [0.05, 0.1) is 0 Å². The van der Waals surface area contributed by atoms with Crippen LogP contribution in [-0.2, 0) is 0 Å². The molecule has 0 bridgehead atoms. The zero-order chi connectivity index (χ0) is 8.99. The van der Waals surface area contributed by atoms with Crippen LogP contribution in [0.1, 0.15) is 34.6 Å². The minimum Gasteiger partial charge on any atom is -0.144 e. The minimum absolute atomic E-state index is 0.803. The molecule has 0 amide bonds. The Labute approximate surface area is 71.4 Å². The maximum Gasteiger partial charge on any atom is -0.00353 e. The molecule has 0 aliphatic heterocycles. The van der Waals surface area contributed by atoms with Gasteiger partial charge in [-0.2, -0.15) is 0 Å². The Morgan fingerprint density at radius 2 is 1.50 bits per heavy atom. The van der Waals surface area contributed by atoms with E-state index in [0.29, 0.717) is 0 Å². The van der Waals surface area contributed by atoms with Gasteiger partial charge in [0.15, 0.2) is 0 Å². The first-order valence-electron chi connectivity index (χ1n) is 3.78. The summed E-state index contributed by atoms with van der Waals surface area (Å²) in [6, 6.07) is 0. The fraction of sp³-hybridized carbons (Fsp3) is 0.556. The number of thiol groups is 1. The highest BCUT2D eigenvalue weighted by molar-refractivity contribution is 7.84. The minimum atomic E-state index is 0.803. The second-order valence-corrected chi connectivity index (χ2v) is 1.57. The maximum absolute atomic E-state index is 3.90. The Morgan fingerprint density at radius 1 is 1.20 bits per heavy atom. The first-order chi connectivity index (χ1) is 4.77. The van der Waals surface area contributed by atoms with Crippen molar-refractivity contribution in [3.8, 4) is 0 Å². The number of hydrogen-bond donors (Lipinski definition) is 1. The lowest BCUT2D eigenvalue weighted by atomic mass is 10.5. The summed E-state index contributed by atoms with van der Waals surface area (Å²) in [6.07, 6.45) is 3.73. The number of hydrogen-bond acceptors (Lipinski definition) is 1. The summed E-state index contributed by atoms with van der Waals surface area (Å²) in [7, 11) is 0. The molecule has 0 aliphatic rings. The van der Waals surface area contributed by atoms with E-state index in [1.54, 1.807) is 0 Å². The number of allylic oxidation sites excluding steroid dienone is 2. The van der Waals surface area contributed by atoms with Crippen molar-refractivity contribution >= 4 is 12.6 Å². The van der Waals surface area contributed by atoms with E-state index in [1.807, 2.05) is 46.8 Å². The molecule has 0 atom stereocenters. The Hall–Kier alpha value is -0.170. The zero-order valence-corrected chi connectivity index (χ0v) is 8.70. The molecule has 0 N–H and O–H groups in total. The third-order valence-corrected chi connectivity index (χ3v) is 0.508. The fourth-order valence-corrected chi connectivity index (χ4v) is 0.341. The van der Waals surface area contributed by atoms with E-state index in [2.05, 4.69) is 19.2 Å². The van der Waals surface area contributed by atoms with E-state index in [1.165, 1.54) is 0 Å². The van der Waals surface area contributed by atoms with Crippen LogP contribution in [0.25, 0.3) is 0 Å². The summed E-state index contributed by atoms with van der Waals surface area (Å²) in [5, 5.41) is 0. The van der Waals surface area contributed by atoms with Gasteiger partial charge < -0.3 is 0 Å². The quantitative estimate of drug-likeness (QED) is 0.434. The smallest absolute Gasteiger partial charge is 0.00353 e. The average Bonchev–Trinajstić information content (AvgIpc) is 1.96. The maximum atomic E-state index is 3.90. The summed E-state index contributed by atoms with van der Waals surface area (Å²) >= 11 is 3.90. The van der Waals surface area contributed by atoms with Gasteiger partial charge in [-0.3, -0.25) is 0 Å². The van der Waals surface area contributed by atoms with Crippen LogP contribution in [-0.4, -0.2) is 0 Å². The van der Waals surface area contributed by atoms with Crippen LogP contribution in [0.4, 0.5) is 0 Å². The normalized spacial score (nSPS) is 7.00. The monoisotopic (exact) mass is 160 g/mol. The van der Waals surface area contributed by atoms with Crippen molar-refractivity contribution in [2.24, 2.45) is 0 Å². The molecule has 0 aromatic heterocycles. The largest absolute Gasteiger partial charge is 0.144 e. The van der Waals surface area contributed by atoms with E-state index in [0.717, 1.165) is 4.91 Å². The summed E-state index contributed by atoms with van der Waals surface area (Å²) in [5.74, 6) is 0. The molecule has 0 saturated heterocycles. The van der Waals surface area contributed by atoms with Gasteiger partial charge in [0, 0.05) is 0 Å². The molecule has 0 nitrogen and oxygen atoms in total. The van der Waals surface area contributed by atoms with Crippen LogP contribution in [0.2, 0.25) is 0 Å². The molecule has 1 heteroatoms. The molecular formula is C9H20S. The van der Waals surface area contributed by atoms with Crippen LogP contribution < -0.4 is 0 Å². The first kappa shape index (κ1) is 16.4. The van der Waals surface area contributed by atoms with Crippen molar-refractivity contribution in [1.29, 1.82) is 0 Å². The summed E-state index contributed by atoms with van der Waals surface area (Å²) in [6.45, 7) is 13.5. The number of rotatable bonds is 1. The lowest BCUT2D eigenvalue weighted by Gasteiger charge is -1.74. The van der Waals surface area contributed by atoms with Crippen LogP contribution in [0.15, 0.2) is 23.6 Å². The highest BCUT2D eigenvalue weighted by Crippen LogP contribution is 1.94. The van der Waals surface area contributed by atoms with E-state index < -0.39 is 0 Å². The molecule has 0 radical (unpaired) electrons. The topological polar surface area (TPSA) is 0 Å². The molecule has 0 aliphatic carbocycles. The molecule has 0 heterocycles. The highest BCUT2D eigenvalue weighted by Gasteiger charge is 1.64. The van der Waals surface area contributed by atoms with Crippen molar-refractivity contribution < 1.29 is 0 Å². The molecule has 0 unspecified atom stereocenters. The first-order valence-corrected chi connectivity index (χ1v) is 4.22. The van der Waals surface area contributed by atoms with Gasteiger partial charge in [0.2, 0.25) is 0 Å². The predicted octanol–water partition coefficient (Wildman–Crippen LogP) is 4.06. The van der Waals surface area contributed by atoms with Gasteiger partial charge in [0.25, 0.3) is 0 Å². The summed E-state index contributed by atoms with van der Waals surface area (Å²) < 4.78 is 0. The van der Waals surface area contributed by atoms with Crippen molar-refractivity contribution in [1.82, 2.24) is 0 Å². The predicted molar refractivity (Wildman–Crippen MR) is 55.6 cm³/mol. The van der Waals surface area contributed by atoms with E-state index in [-0.39, 0.29) is 0 Å². The van der Waals surface area contributed by atoms with Crippen LogP contribution in [0.5, 0.6) is 0 Å². The lowest BCUT2D eigenvalue weighted by molar-refractivity contribution is 1.50. The second kappa shape index (κ2) is 23.2. The molecule has 62 valence electrons. The Balaban J connectivity index is -0.000000105. The molecule has 0 aromatic carbocycles. The van der Waals surface area contributed by atoms with Crippen molar-refractivity contribution in [2.75, 3.05) is 0 Å². The Morgan fingerprint density at radius 3 is 1.50 bits per heavy atom. The molecule has 0 aromatic rings. The van der Waals surface area contributed by atoms with Crippen LogP contribution >= 0.6 is 12.6 Å². The third kappa shape index (κ3) is 45.6. The SMILES string of the molecule is C=C(S)/C=C\C.CC.CC. The average molecular weight is 160 g/mol. The van der Waals surface area contributed by atoms with Gasteiger partial charge in [-0.25, -0.2) is 0 Å². The summed E-state index contributed by atoms with van der Waals surface area (Å²) in [5.41, 5.74) is 0. The molecular weight excluding hydrogens is 140 g/mol. The van der Waals surface area contributed by atoms with E-state index >= 15 is 0 Å². The van der Waals surface area contributed by atoms with Gasteiger partial charge in [-0.1, -0.05) is 46.4 Å². The van der Waals surface area contributed by atoms with E-state index in [4.69, 9.17) is 0 Å². The zero-order valence-electron chi connectivity index (χ0n) is 7.81. The van der Waals surface area contributed by atoms with Gasteiger partial charge in [0.1, 0.15) is 0 Å². The van der Waals surface area contributed by atoms with Crippen molar-refractivity contribution in [2.45, 2.75) is 34.6 Å².